The Morgan fingerprint density at radius 2 is 1.96 bits per heavy atom. The van der Waals surface area contributed by atoms with Gasteiger partial charge in [-0.3, -0.25) is 4.99 Å². The summed E-state index contributed by atoms with van der Waals surface area (Å²) in [4.78, 5) is 10.1. The summed E-state index contributed by atoms with van der Waals surface area (Å²) < 4.78 is 5.25. The van der Waals surface area contributed by atoms with E-state index >= 15 is 0 Å². The number of nitrogens with one attached hydrogen (secondary N) is 2. The molecule has 2 aromatic rings. The number of thiazole rings is 1. The van der Waals surface area contributed by atoms with Gasteiger partial charge in [-0.25, -0.2) is 4.98 Å². The van der Waals surface area contributed by atoms with Gasteiger partial charge in [0.05, 0.1) is 17.3 Å². The smallest absolute Gasteiger partial charge is 0.191 e. The highest BCUT2D eigenvalue weighted by Gasteiger charge is 2.05. The second kappa shape index (κ2) is 9.39. The maximum Gasteiger partial charge on any atom is 0.191 e. The number of methoxy groups -OCH3 is 1. The van der Waals surface area contributed by atoms with Gasteiger partial charge in [-0.1, -0.05) is 24.3 Å². The van der Waals surface area contributed by atoms with Gasteiger partial charge >= 0.3 is 0 Å². The number of hydrogen-bond acceptors (Lipinski definition) is 4. The summed E-state index contributed by atoms with van der Waals surface area (Å²) in [5.74, 6) is 0.798. The molecule has 0 spiro atoms. The van der Waals surface area contributed by atoms with Crippen LogP contribution in [0, 0.1) is 13.8 Å². The summed E-state index contributed by atoms with van der Waals surface area (Å²) in [6.07, 6.45) is 0.903. The summed E-state index contributed by atoms with van der Waals surface area (Å²) >= 11 is 1.77. The Balaban J connectivity index is 1.82. The molecule has 0 saturated carbocycles. The fourth-order valence-corrected chi connectivity index (χ4v) is 3.29. The summed E-state index contributed by atoms with van der Waals surface area (Å²) in [7, 11) is 3.50. The van der Waals surface area contributed by atoms with E-state index in [0.717, 1.165) is 24.6 Å². The van der Waals surface area contributed by atoms with Crippen molar-refractivity contribution in [3.05, 3.63) is 51.0 Å². The topological polar surface area (TPSA) is 58.5 Å². The molecule has 0 aliphatic heterocycles. The van der Waals surface area contributed by atoms with E-state index in [-0.39, 0.29) is 0 Å². The van der Waals surface area contributed by atoms with Gasteiger partial charge in [0.1, 0.15) is 0 Å². The van der Waals surface area contributed by atoms with E-state index in [2.05, 4.69) is 46.6 Å². The van der Waals surface area contributed by atoms with Gasteiger partial charge < -0.3 is 15.4 Å². The van der Waals surface area contributed by atoms with Gasteiger partial charge in [0.2, 0.25) is 0 Å². The van der Waals surface area contributed by atoms with Crippen LogP contribution in [0.1, 0.15) is 26.7 Å². The summed E-state index contributed by atoms with van der Waals surface area (Å²) in [5.41, 5.74) is 3.54. The van der Waals surface area contributed by atoms with Gasteiger partial charge in [-0.2, -0.15) is 0 Å². The molecule has 1 heterocycles. The number of aliphatic imine (C=N–C) groups is 1. The molecule has 0 aliphatic rings. The number of hydrogen-bond donors (Lipinski definition) is 2. The molecule has 24 heavy (non-hydrogen) atoms. The third kappa shape index (κ3) is 5.32. The zero-order valence-corrected chi connectivity index (χ0v) is 15.7. The van der Waals surface area contributed by atoms with Crippen molar-refractivity contribution in [1.82, 2.24) is 15.6 Å². The van der Waals surface area contributed by atoms with Crippen LogP contribution in [0.25, 0.3) is 0 Å². The largest absolute Gasteiger partial charge is 0.380 e. The van der Waals surface area contributed by atoms with Gasteiger partial charge in [0.15, 0.2) is 5.96 Å². The van der Waals surface area contributed by atoms with Crippen LogP contribution >= 0.6 is 11.3 Å². The minimum absolute atomic E-state index is 0.618. The molecule has 0 atom stereocenters. The number of aryl methyl sites for hydroxylation is 2. The third-order valence-electron chi connectivity index (χ3n) is 3.79. The van der Waals surface area contributed by atoms with Crippen LogP contribution < -0.4 is 10.6 Å². The fourth-order valence-electron chi connectivity index (χ4n) is 2.36. The molecule has 5 nitrogen and oxygen atoms in total. The zero-order chi connectivity index (χ0) is 17.4. The molecule has 1 aromatic carbocycles. The summed E-state index contributed by atoms with van der Waals surface area (Å²) in [5, 5.41) is 7.86. The average Bonchev–Trinajstić information content (AvgIpc) is 2.90. The van der Waals surface area contributed by atoms with E-state index in [1.165, 1.54) is 21.0 Å². The van der Waals surface area contributed by atoms with Crippen LogP contribution in [-0.2, 0) is 24.3 Å². The van der Waals surface area contributed by atoms with Crippen molar-refractivity contribution < 1.29 is 4.74 Å². The SMILES string of the molecule is CN=C(NCCc1nc(C)c(C)s1)NCc1ccccc1COC. The lowest BCUT2D eigenvalue weighted by atomic mass is 10.1. The molecule has 0 aliphatic carbocycles. The highest BCUT2D eigenvalue weighted by molar-refractivity contribution is 7.11. The number of nitrogens with zero attached hydrogens (tertiary/aromatic N) is 2. The van der Waals surface area contributed by atoms with Gasteiger partial charge in [-0.15, -0.1) is 11.3 Å². The summed E-state index contributed by atoms with van der Waals surface area (Å²) in [6, 6.07) is 8.27. The Hall–Kier alpha value is -1.92. The molecule has 130 valence electrons. The van der Waals surface area contributed by atoms with Gasteiger partial charge in [0, 0.05) is 38.5 Å². The standard InChI is InChI=1S/C18H26N4OS/c1-13-14(2)24-17(22-13)9-10-20-18(19-3)21-11-15-7-5-6-8-16(15)12-23-4/h5-8H,9-12H2,1-4H3,(H2,19,20,21). The molecule has 0 unspecified atom stereocenters. The zero-order valence-electron chi connectivity index (χ0n) is 14.8. The second-order valence-corrected chi connectivity index (χ2v) is 6.84. The van der Waals surface area contributed by atoms with E-state index in [1.807, 2.05) is 12.1 Å². The number of ether oxygens (including phenoxy) is 1. The molecule has 2 N–H and O–H groups in total. The highest BCUT2D eigenvalue weighted by Crippen LogP contribution is 2.16. The second-order valence-electron chi connectivity index (χ2n) is 5.55. The first-order chi connectivity index (χ1) is 11.6. The van der Waals surface area contributed by atoms with Gasteiger partial charge in [-0.05, 0) is 25.0 Å². The molecule has 1 aromatic heterocycles. The molecule has 0 saturated heterocycles. The monoisotopic (exact) mass is 346 g/mol. The van der Waals surface area contributed by atoms with Crippen molar-refractivity contribution in [2.24, 2.45) is 4.99 Å². The number of guanidine groups is 1. The van der Waals surface area contributed by atoms with E-state index in [0.29, 0.717) is 13.2 Å². The Morgan fingerprint density at radius 1 is 1.21 bits per heavy atom. The Kier molecular flexibility index (Phi) is 7.21. The highest BCUT2D eigenvalue weighted by atomic mass is 32.1. The van der Waals surface area contributed by atoms with Crippen molar-refractivity contribution in [2.75, 3.05) is 20.7 Å². The fraction of sp³-hybridized carbons (Fsp3) is 0.444. The van der Waals surface area contributed by atoms with E-state index in [9.17, 15) is 0 Å². The molecule has 0 radical (unpaired) electrons. The normalized spacial score (nSPS) is 11.6. The van der Waals surface area contributed by atoms with E-state index < -0.39 is 0 Å². The number of rotatable bonds is 7. The average molecular weight is 347 g/mol. The van der Waals surface area contributed by atoms with Crippen LogP contribution in [0.4, 0.5) is 0 Å². The molecule has 2 rings (SSSR count). The third-order valence-corrected chi connectivity index (χ3v) is 4.92. The molecular weight excluding hydrogens is 320 g/mol. The van der Waals surface area contributed by atoms with Crippen LogP contribution in [0.2, 0.25) is 0 Å². The Morgan fingerprint density at radius 3 is 2.58 bits per heavy atom. The van der Waals surface area contributed by atoms with E-state index in [4.69, 9.17) is 4.74 Å². The predicted molar refractivity (Wildman–Crippen MR) is 101 cm³/mol. The van der Waals surface area contributed by atoms with Crippen LogP contribution in [0.3, 0.4) is 0 Å². The lowest BCUT2D eigenvalue weighted by molar-refractivity contribution is 0.184. The van der Waals surface area contributed by atoms with Crippen molar-refractivity contribution in [2.45, 2.75) is 33.4 Å². The molecular formula is C18H26N4OS. The van der Waals surface area contributed by atoms with Crippen molar-refractivity contribution >= 4 is 17.3 Å². The maximum atomic E-state index is 5.25. The Bertz CT molecular complexity index is 662. The number of benzene rings is 1. The van der Waals surface area contributed by atoms with Crippen LogP contribution in [-0.4, -0.2) is 31.6 Å². The Labute approximate surface area is 148 Å². The molecule has 0 bridgehead atoms. The minimum atomic E-state index is 0.618. The van der Waals surface area contributed by atoms with Crippen molar-refractivity contribution in [3.8, 4) is 0 Å². The van der Waals surface area contributed by atoms with Crippen molar-refractivity contribution in [1.29, 1.82) is 0 Å². The molecule has 0 amide bonds. The molecule has 0 fully saturated rings. The van der Waals surface area contributed by atoms with Crippen LogP contribution in [0.5, 0.6) is 0 Å². The maximum absolute atomic E-state index is 5.25. The predicted octanol–water partition coefficient (Wildman–Crippen LogP) is 2.81. The lowest BCUT2D eigenvalue weighted by Gasteiger charge is -2.13. The number of aromatic nitrogens is 1. The van der Waals surface area contributed by atoms with E-state index in [1.54, 1.807) is 25.5 Å². The summed E-state index contributed by atoms with van der Waals surface area (Å²) in [6.45, 7) is 6.32. The minimum Gasteiger partial charge on any atom is -0.380 e. The first-order valence-corrected chi connectivity index (χ1v) is 8.88. The lowest BCUT2D eigenvalue weighted by Crippen LogP contribution is -2.38. The van der Waals surface area contributed by atoms with Gasteiger partial charge in [0.25, 0.3) is 0 Å². The molecule has 6 heteroatoms. The first kappa shape index (κ1) is 18.4. The van der Waals surface area contributed by atoms with Crippen molar-refractivity contribution in [3.63, 3.8) is 0 Å². The quantitative estimate of drug-likeness (QED) is 0.598. The van der Waals surface area contributed by atoms with Crippen LogP contribution in [0.15, 0.2) is 29.3 Å². The first-order valence-electron chi connectivity index (χ1n) is 8.07.